The van der Waals surface area contributed by atoms with Crippen LogP contribution in [0.15, 0.2) is 18.2 Å². The van der Waals surface area contributed by atoms with Crippen LogP contribution in [0.2, 0.25) is 5.02 Å². The van der Waals surface area contributed by atoms with Crippen molar-refractivity contribution in [2.24, 2.45) is 5.41 Å². The van der Waals surface area contributed by atoms with Gasteiger partial charge >= 0.3 is 5.69 Å². The maximum Gasteiger partial charge on any atom is 0.312 e. The van der Waals surface area contributed by atoms with E-state index in [9.17, 15) is 14.9 Å². The van der Waals surface area contributed by atoms with E-state index in [0.29, 0.717) is 6.54 Å². The van der Waals surface area contributed by atoms with Crippen LogP contribution in [0.5, 0.6) is 5.75 Å². The minimum atomic E-state index is -0.556. The van der Waals surface area contributed by atoms with Crippen molar-refractivity contribution in [3.05, 3.63) is 33.3 Å². The Balaban J connectivity index is 1.77. The second kappa shape index (κ2) is 8.30. The first-order valence-corrected chi connectivity index (χ1v) is 8.32. The van der Waals surface area contributed by atoms with Crippen LogP contribution >= 0.6 is 11.6 Å². The average molecular weight is 356 g/mol. The number of nitrogens with one attached hydrogen (secondary N) is 2. The van der Waals surface area contributed by atoms with Crippen molar-refractivity contribution in [3.63, 3.8) is 0 Å². The summed E-state index contributed by atoms with van der Waals surface area (Å²) in [6.07, 6.45) is 2.20. The molecule has 0 atom stereocenters. The van der Waals surface area contributed by atoms with Gasteiger partial charge in [-0.05, 0) is 43.5 Å². The molecule has 1 aliphatic heterocycles. The summed E-state index contributed by atoms with van der Waals surface area (Å²) in [6.45, 7) is 4.81. The van der Waals surface area contributed by atoms with Crippen molar-refractivity contribution in [3.8, 4) is 5.75 Å². The fourth-order valence-corrected chi connectivity index (χ4v) is 2.78. The molecule has 8 heteroatoms. The van der Waals surface area contributed by atoms with Crippen LogP contribution in [0.1, 0.15) is 26.2 Å². The molecule has 1 fully saturated rings. The first-order chi connectivity index (χ1) is 11.4. The third kappa shape index (κ3) is 5.35. The molecule has 132 valence electrons. The van der Waals surface area contributed by atoms with Gasteiger partial charge < -0.3 is 15.4 Å². The zero-order valence-corrected chi connectivity index (χ0v) is 14.4. The third-order valence-corrected chi connectivity index (χ3v) is 4.46. The minimum absolute atomic E-state index is 0.0760. The average Bonchev–Trinajstić information content (AvgIpc) is 2.55. The van der Waals surface area contributed by atoms with Crippen molar-refractivity contribution in [2.45, 2.75) is 26.2 Å². The number of rotatable bonds is 7. The second-order valence-electron chi connectivity index (χ2n) is 6.31. The lowest BCUT2D eigenvalue weighted by Gasteiger charge is -2.34. The van der Waals surface area contributed by atoms with Gasteiger partial charge in [0.05, 0.1) is 18.0 Å². The molecule has 1 amide bonds. The van der Waals surface area contributed by atoms with E-state index in [-0.39, 0.29) is 40.8 Å². The summed E-state index contributed by atoms with van der Waals surface area (Å²) in [5.41, 5.74) is -0.0818. The Morgan fingerprint density at radius 3 is 2.83 bits per heavy atom. The van der Waals surface area contributed by atoms with Crippen molar-refractivity contribution >= 4 is 23.2 Å². The van der Waals surface area contributed by atoms with E-state index in [0.717, 1.165) is 25.9 Å². The van der Waals surface area contributed by atoms with E-state index in [1.165, 1.54) is 18.2 Å². The summed E-state index contributed by atoms with van der Waals surface area (Å²) in [5, 5.41) is 17.5. The lowest BCUT2D eigenvalue weighted by Crippen LogP contribution is -2.43. The van der Waals surface area contributed by atoms with Gasteiger partial charge in [-0.2, -0.15) is 0 Å². The highest BCUT2D eigenvalue weighted by Gasteiger charge is 2.27. The van der Waals surface area contributed by atoms with Crippen LogP contribution in [0, 0.1) is 15.5 Å². The lowest BCUT2D eigenvalue weighted by atomic mass is 9.81. The first kappa shape index (κ1) is 18.5. The summed E-state index contributed by atoms with van der Waals surface area (Å²) < 4.78 is 5.37. The number of ether oxygens (including phenoxy) is 1. The first-order valence-electron chi connectivity index (χ1n) is 7.94. The van der Waals surface area contributed by atoms with Gasteiger partial charge in [-0.3, -0.25) is 14.9 Å². The number of nitro groups is 1. The molecule has 0 aromatic heterocycles. The standard InChI is InChI=1S/C16H22ClN3O4/c1-16(5-7-18-8-6-16)11-19-15(21)4-9-24-14-3-2-12(17)10-13(14)20(22)23/h2-3,10,18H,4-9,11H2,1H3,(H,19,21). The molecule has 0 spiro atoms. The number of carbonyl (C=O) groups is 1. The van der Waals surface area contributed by atoms with Gasteiger partial charge in [0.1, 0.15) is 0 Å². The number of hydrogen-bond acceptors (Lipinski definition) is 5. The summed E-state index contributed by atoms with van der Waals surface area (Å²) in [4.78, 5) is 22.3. The molecular formula is C16H22ClN3O4. The Labute approximate surface area is 145 Å². The Hall–Kier alpha value is -1.86. The third-order valence-electron chi connectivity index (χ3n) is 4.23. The van der Waals surface area contributed by atoms with E-state index in [4.69, 9.17) is 16.3 Å². The maximum atomic E-state index is 11.9. The molecule has 7 nitrogen and oxygen atoms in total. The maximum absolute atomic E-state index is 11.9. The van der Waals surface area contributed by atoms with Crippen molar-refractivity contribution in [1.29, 1.82) is 0 Å². The van der Waals surface area contributed by atoms with Gasteiger partial charge in [0.25, 0.3) is 0 Å². The second-order valence-corrected chi connectivity index (χ2v) is 6.74. The van der Waals surface area contributed by atoms with Gasteiger partial charge in [0, 0.05) is 17.6 Å². The quantitative estimate of drug-likeness (QED) is 0.579. The van der Waals surface area contributed by atoms with Crippen LogP contribution in [-0.2, 0) is 4.79 Å². The molecule has 1 aromatic rings. The smallest absolute Gasteiger partial charge is 0.312 e. The summed E-state index contributed by atoms with van der Waals surface area (Å²) in [6, 6.07) is 4.19. The zero-order valence-electron chi connectivity index (χ0n) is 13.6. The lowest BCUT2D eigenvalue weighted by molar-refractivity contribution is -0.385. The van der Waals surface area contributed by atoms with Crippen LogP contribution < -0.4 is 15.4 Å². The minimum Gasteiger partial charge on any atom is -0.486 e. The number of nitrogens with zero attached hydrogens (tertiary/aromatic N) is 1. The number of hydrogen-bond donors (Lipinski definition) is 2. The molecule has 0 unspecified atom stereocenters. The Bertz CT molecular complexity index is 603. The molecule has 0 bridgehead atoms. The molecule has 1 heterocycles. The normalized spacial score (nSPS) is 16.4. The molecule has 0 saturated carbocycles. The highest BCUT2D eigenvalue weighted by Crippen LogP contribution is 2.30. The van der Waals surface area contributed by atoms with E-state index in [1.54, 1.807) is 0 Å². The number of benzene rings is 1. The molecule has 1 aromatic carbocycles. The van der Waals surface area contributed by atoms with Gasteiger partial charge in [-0.15, -0.1) is 0 Å². The SMILES string of the molecule is CC1(CNC(=O)CCOc2ccc(Cl)cc2[N+](=O)[O-])CCNCC1. The monoisotopic (exact) mass is 355 g/mol. The molecular weight excluding hydrogens is 334 g/mol. The highest BCUT2D eigenvalue weighted by atomic mass is 35.5. The Morgan fingerprint density at radius 2 is 2.17 bits per heavy atom. The summed E-state index contributed by atoms with van der Waals surface area (Å²) in [5.74, 6) is -0.00566. The number of carbonyl (C=O) groups excluding carboxylic acids is 1. The predicted molar refractivity (Wildman–Crippen MR) is 91.4 cm³/mol. The topological polar surface area (TPSA) is 93.5 Å². The summed E-state index contributed by atoms with van der Waals surface area (Å²) in [7, 11) is 0. The van der Waals surface area contributed by atoms with Gasteiger partial charge in [-0.25, -0.2) is 0 Å². The fourth-order valence-electron chi connectivity index (χ4n) is 2.62. The largest absolute Gasteiger partial charge is 0.486 e. The number of halogens is 1. The van der Waals surface area contributed by atoms with Crippen molar-refractivity contribution in [2.75, 3.05) is 26.2 Å². The van der Waals surface area contributed by atoms with Gasteiger partial charge in [-0.1, -0.05) is 18.5 Å². The zero-order chi connectivity index (χ0) is 17.6. The van der Waals surface area contributed by atoms with E-state index in [1.807, 2.05) is 0 Å². The highest BCUT2D eigenvalue weighted by molar-refractivity contribution is 6.30. The predicted octanol–water partition coefficient (Wildman–Crippen LogP) is 2.52. The molecule has 1 saturated heterocycles. The Kier molecular flexibility index (Phi) is 6.39. The molecule has 2 rings (SSSR count). The van der Waals surface area contributed by atoms with Gasteiger partial charge in [0.15, 0.2) is 5.75 Å². The molecule has 1 aliphatic rings. The number of amides is 1. The van der Waals surface area contributed by atoms with Crippen LogP contribution in [0.3, 0.4) is 0 Å². The number of nitro benzene ring substituents is 1. The molecule has 0 aliphatic carbocycles. The van der Waals surface area contributed by atoms with E-state index >= 15 is 0 Å². The number of piperidine rings is 1. The fraction of sp³-hybridized carbons (Fsp3) is 0.562. The van der Waals surface area contributed by atoms with Crippen molar-refractivity contribution < 1.29 is 14.5 Å². The van der Waals surface area contributed by atoms with Crippen molar-refractivity contribution in [1.82, 2.24) is 10.6 Å². The summed E-state index contributed by atoms with van der Waals surface area (Å²) >= 11 is 5.74. The molecule has 2 N–H and O–H groups in total. The Morgan fingerprint density at radius 1 is 1.46 bits per heavy atom. The van der Waals surface area contributed by atoms with Crippen LogP contribution in [-0.4, -0.2) is 37.1 Å². The van der Waals surface area contributed by atoms with E-state index in [2.05, 4.69) is 17.6 Å². The van der Waals surface area contributed by atoms with Gasteiger partial charge in [0.2, 0.25) is 5.91 Å². The van der Waals surface area contributed by atoms with Crippen LogP contribution in [0.25, 0.3) is 0 Å². The van der Waals surface area contributed by atoms with Crippen LogP contribution in [0.4, 0.5) is 5.69 Å². The van der Waals surface area contributed by atoms with E-state index < -0.39 is 4.92 Å². The molecule has 24 heavy (non-hydrogen) atoms. The molecule has 0 radical (unpaired) electrons.